The van der Waals surface area contributed by atoms with Gasteiger partial charge in [0.05, 0.1) is 0 Å². The average Bonchev–Trinajstić information content (AvgIpc) is 2.40. The number of nitrogens with one attached hydrogen (secondary N) is 1. The molecule has 0 radical (unpaired) electrons. The molecule has 0 spiro atoms. The van der Waals surface area contributed by atoms with Crippen LogP contribution in [-0.4, -0.2) is 11.5 Å². The van der Waals surface area contributed by atoms with Crippen molar-refractivity contribution in [3.05, 3.63) is 65.7 Å². The lowest BCUT2D eigenvalue weighted by atomic mass is 10.1. The molecule has 0 aliphatic carbocycles. The first-order valence-electron chi connectivity index (χ1n) is 6.14. The Labute approximate surface area is 107 Å². The maximum Gasteiger partial charge on any atom is 0.123 e. The molecule has 0 aliphatic heterocycles. The molecule has 1 atom stereocenters. The molecule has 2 aromatic rings. The van der Waals surface area contributed by atoms with Gasteiger partial charge in [0.15, 0.2) is 0 Å². The van der Waals surface area contributed by atoms with E-state index in [-0.39, 0.29) is 11.9 Å². The minimum absolute atomic E-state index is 0.143. The molecule has 1 aromatic carbocycles. The predicted octanol–water partition coefficient (Wildman–Crippen LogP) is 3.11. The summed E-state index contributed by atoms with van der Waals surface area (Å²) in [5, 5.41) is 3.37. The van der Waals surface area contributed by atoms with E-state index in [1.807, 2.05) is 31.2 Å². The summed E-state index contributed by atoms with van der Waals surface area (Å²) in [5.74, 6) is -0.189. The van der Waals surface area contributed by atoms with Gasteiger partial charge in [-0.15, -0.1) is 0 Å². The van der Waals surface area contributed by atoms with Gasteiger partial charge in [-0.2, -0.15) is 0 Å². The molecule has 0 amide bonds. The van der Waals surface area contributed by atoms with Crippen molar-refractivity contribution in [1.82, 2.24) is 10.3 Å². The lowest BCUT2D eigenvalue weighted by Gasteiger charge is -2.14. The minimum atomic E-state index is -0.189. The summed E-state index contributed by atoms with van der Waals surface area (Å²) in [6.07, 6.45) is 2.67. The van der Waals surface area contributed by atoms with Crippen LogP contribution in [0.15, 0.2) is 48.7 Å². The van der Waals surface area contributed by atoms with Crippen molar-refractivity contribution in [2.45, 2.75) is 19.4 Å². The van der Waals surface area contributed by atoms with Crippen LogP contribution in [0.4, 0.5) is 4.39 Å². The average molecular weight is 244 g/mol. The van der Waals surface area contributed by atoms with E-state index in [0.717, 1.165) is 24.2 Å². The van der Waals surface area contributed by atoms with Crippen molar-refractivity contribution in [3.63, 3.8) is 0 Å². The van der Waals surface area contributed by atoms with Crippen LogP contribution in [0.25, 0.3) is 0 Å². The third kappa shape index (κ3) is 3.64. The smallest absolute Gasteiger partial charge is 0.123 e. The SMILES string of the molecule is C[C@H](NCCc1ccccn1)c1cccc(F)c1. The second-order valence-corrected chi connectivity index (χ2v) is 4.30. The van der Waals surface area contributed by atoms with Gasteiger partial charge in [0, 0.05) is 30.9 Å². The molecule has 3 heteroatoms. The summed E-state index contributed by atoms with van der Waals surface area (Å²) in [6, 6.07) is 12.7. The minimum Gasteiger partial charge on any atom is -0.310 e. The van der Waals surface area contributed by atoms with E-state index in [1.165, 1.54) is 6.07 Å². The van der Waals surface area contributed by atoms with Gasteiger partial charge >= 0.3 is 0 Å². The predicted molar refractivity (Wildman–Crippen MR) is 70.8 cm³/mol. The van der Waals surface area contributed by atoms with Gasteiger partial charge in [0.25, 0.3) is 0 Å². The third-order valence-electron chi connectivity index (χ3n) is 2.91. The molecule has 94 valence electrons. The Bertz CT molecular complexity index is 485. The standard InChI is InChI=1S/C15H17FN2/c1-12(13-5-4-6-14(16)11-13)17-10-8-15-7-2-3-9-18-15/h2-7,9,11-12,17H,8,10H2,1H3/t12-/m0/s1. The molecule has 1 heterocycles. The van der Waals surface area contributed by atoms with Gasteiger partial charge in [0.1, 0.15) is 5.82 Å². The highest BCUT2D eigenvalue weighted by molar-refractivity contribution is 5.19. The molecular formula is C15H17FN2. The summed E-state index contributed by atoms with van der Waals surface area (Å²) < 4.78 is 13.1. The fourth-order valence-electron chi connectivity index (χ4n) is 1.86. The van der Waals surface area contributed by atoms with Crippen LogP contribution in [0.5, 0.6) is 0 Å². The van der Waals surface area contributed by atoms with Gasteiger partial charge in [-0.05, 0) is 36.8 Å². The van der Waals surface area contributed by atoms with Crippen molar-refractivity contribution in [1.29, 1.82) is 0 Å². The lowest BCUT2D eigenvalue weighted by molar-refractivity contribution is 0.565. The zero-order valence-corrected chi connectivity index (χ0v) is 10.4. The molecule has 1 N–H and O–H groups in total. The number of hydrogen-bond donors (Lipinski definition) is 1. The molecule has 0 fully saturated rings. The van der Waals surface area contributed by atoms with Crippen molar-refractivity contribution in [3.8, 4) is 0 Å². The molecular weight excluding hydrogens is 227 g/mol. The summed E-state index contributed by atoms with van der Waals surface area (Å²) in [4.78, 5) is 4.26. The molecule has 2 nitrogen and oxygen atoms in total. The van der Waals surface area contributed by atoms with Crippen molar-refractivity contribution >= 4 is 0 Å². The van der Waals surface area contributed by atoms with E-state index < -0.39 is 0 Å². The molecule has 0 unspecified atom stereocenters. The van der Waals surface area contributed by atoms with E-state index in [4.69, 9.17) is 0 Å². The molecule has 0 bridgehead atoms. The molecule has 0 saturated carbocycles. The van der Waals surface area contributed by atoms with Gasteiger partial charge in [-0.25, -0.2) is 4.39 Å². The summed E-state index contributed by atoms with van der Waals surface area (Å²) in [7, 11) is 0. The molecule has 2 rings (SSSR count). The van der Waals surface area contributed by atoms with Gasteiger partial charge in [-0.1, -0.05) is 18.2 Å². The Hall–Kier alpha value is -1.74. The second kappa shape index (κ2) is 6.26. The van der Waals surface area contributed by atoms with Crippen LogP contribution in [0.3, 0.4) is 0 Å². The molecule has 0 aliphatic rings. The molecule has 0 saturated heterocycles. The Kier molecular flexibility index (Phi) is 4.42. The quantitative estimate of drug-likeness (QED) is 0.874. The number of hydrogen-bond acceptors (Lipinski definition) is 2. The first kappa shape index (κ1) is 12.7. The fourth-order valence-corrected chi connectivity index (χ4v) is 1.86. The van der Waals surface area contributed by atoms with Crippen molar-refractivity contribution in [2.24, 2.45) is 0 Å². The normalized spacial score (nSPS) is 12.3. The number of halogens is 1. The maximum absolute atomic E-state index is 13.1. The van der Waals surface area contributed by atoms with E-state index in [9.17, 15) is 4.39 Å². The van der Waals surface area contributed by atoms with Crippen LogP contribution in [-0.2, 0) is 6.42 Å². The number of benzene rings is 1. The Morgan fingerprint density at radius 3 is 2.83 bits per heavy atom. The second-order valence-electron chi connectivity index (χ2n) is 4.30. The van der Waals surface area contributed by atoms with Crippen LogP contribution >= 0.6 is 0 Å². The van der Waals surface area contributed by atoms with E-state index in [0.29, 0.717) is 0 Å². The highest BCUT2D eigenvalue weighted by atomic mass is 19.1. The van der Waals surface area contributed by atoms with Crippen LogP contribution < -0.4 is 5.32 Å². The zero-order chi connectivity index (χ0) is 12.8. The highest BCUT2D eigenvalue weighted by Crippen LogP contribution is 2.13. The Balaban J connectivity index is 1.83. The monoisotopic (exact) mass is 244 g/mol. The third-order valence-corrected chi connectivity index (χ3v) is 2.91. The molecule has 18 heavy (non-hydrogen) atoms. The van der Waals surface area contributed by atoms with Crippen LogP contribution in [0.2, 0.25) is 0 Å². The van der Waals surface area contributed by atoms with Crippen LogP contribution in [0, 0.1) is 5.82 Å². The number of aromatic nitrogens is 1. The van der Waals surface area contributed by atoms with Gasteiger partial charge in [-0.3, -0.25) is 4.98 Å². The topological polar surface area (TPSA) is 24.9 Å². The van der Waals surface area contributed by atoms with Gasteiger partial charge in [0.2, 0.25) is 0 Å². The summed E-state index contributed by atoms with van der Waals surface area (Å²) >= 11 is 0. The summed E-state index contributed by atoms with van der Waals surface area (Å²) in [5.41, 5.74) is 2.03. The van der Waals surface area contributed by atoms with E-state index >= 15 is 0 Å². The largest absolute Gasteiger partial charge is 0.310 e. The first-order valence-corrected chi connectivity index (χ1v) is 6.14. The lowest BCUT2D eigenvalue weighted by Crippen LogP contribution is -2.21. The first-order chi connectivity index (χ1) is 8.75. The summed E-state index contributed by atoms with van der Waals surface area (Å²) in [6.45, 7) is 2.86. The Morgan fingerprint density at radius 1 is 1.22 bits per heavy atom. The highest BCUT2D eigenvalue weighted by Gasteiger charge is 2.05. The van der Waals surface area contributed by atoms with E-state index in [1.54, 1.807) is 18.3 Å². The number of rotatable bonds is 5. The van der Waals surface area contributed by atoms with E-state index in [2.05, 4.69) is 10.3 Å². The fraction of sp³-hybridized carbons (Fsp3) is 0.267. The number of nitrogens with zero attached hydrogens (tertiary/aromatic N) is 1. The Morgan fingerprint density at radius 2 is 2.11 bits per heavy atom. The maximum atomic E-state index is 13.1. The van der Waals surface area contributed by atoms with Crippen LogP contribution in [0.1, 0.15) is 24.2 Å². The zero-order valence-electron chi connectivity index (χ0n) is 10.4. The van der Waals surface area contributed by atoms with Crippen molar-refractivity contribution in [2.75, 3.05) is 6.54 Å². The van der Waals surface area contributed by atoms with Crippen molar-refractivity contribution < 1.29 is 4.39 Å². The van der Waals surface area contributed by atoms with Gasteiger partial charge < -0.3 is 5.32 Å². The molecule has 1 aromatic heterocycles. The number of pyridine rings is 1.